The van der Waals surface area contributed by atoms with E-state index in [1.165, 1.54) is 12.1 Å². The molecule has 0 saturated carbocycles. The van der Waals surface area contributed by atoms with Gasteiger partial charge in [-0.15, -0.1) is 0 Å². The number of urea groups is 1. The van der Waals surface area contributed by atoms with Gasteiger partial charge in [0.05, 0.1) is 11.5 Å². The first-order chi connectivity index (χ1) is 12.2. The minimum atomic E-state index is -3.86. The van der Waals surface area contributed by atoms with E-state index in [-0.39, 0.29) is 10.8 Å². The van der Waals surface area contributed by atoms with Crippen molar-refractivity contribution < 1.29 is 22.5 Å². The normalized spacial score (nSPS) is 12.6. The molecule has 2 aromatic rings. The van der Waals surface area contributed by atoms with Crippen LogP contribution < -0.4 is 15.8 Å². The Morgan fingerprint density at radius 2 is 2.15 bits per heavy atom. The summed E-state index contributed by atoms with van der Waals surface area (Å²) in [5.41, 5.74) is 1.01. The van der Waals surface area contributed by atoms with Gasteiger partial charge in [-0.05, 0) is 31.5 Å². The van der Waals surface area contributed by atoms with Crippen LogP contribution in [-0.2, 0) is 21.2 Å². The van der Waals surface area contributed by atoms with Crippen molar-refractivity contribution in [3.05, 3.63) is 35.5 Å². The number of aryl methyl sites for hydroxylation is 1. The molecule has 0 aliphatic carbocycles. The quantitative estimate of drug-likeness (QED) is 0.648. The van der Waals surface area contributed by atoms with Crippen molar-refractivity contribution >= 4 is 21.7 Å². The summed E-state index contributed by atoms with van der Waals surface area (Å²) in [6.07, 6.45) is 0.498. The number of hydrogen-bond donors (Lipinski definition) is 3. The lowest BCUT2D eigenvalue weighted by atomic mass is 10.2. The molecule has 11 heteroatoms. The summed E-state index contributed by atoms with van der Waals surface area (Å²) in [6, 6.07) is 3.13. The van der Waals surface area contributed by atoms with Gasteiger partial charge in [-0.3, -0.25) is 0 Å². The van der Waals surface area contributed by atoms with Gasteiger partial charge in [0.25, 0.3) is 0 Å². The molecule has 142 valence electrons. The Balaban J connectivity index is 2.03. The molecule has 10 nitrogen and oxygen atoms in total. The third-order valence-corrected chi connectivity index (χ3v) is 4.43. The van der Waals surface area contributed by atoms with Crippen LogP contribution in [0.3, 0.4) is 0 Å². The number of anilines is 1. The van der Waals surface area contributed by atoms with Crippen LogP contribution >= 0.6 is 0 Å². The number of nitrogens with one attached hydrogen (secondary N) is 2. The monoisotopic (exact) mass is 383 g/mol. The largest absolute Gasteiger partial charge is 0.384 e. The van der Waals surface area contributed by atoms with Crippen molar-refractivity contribution in [1.82, 2.24) is 15.5 Å². The van der Waals surface area contributed by atoms with Gasteiger partial charge in [0.2, 0.25) is 15.9 Å². The zero-order valence-electron chi connectivity index (χ0n) is 14.6. The van der Waals surface area contributed by atoms with Crippen LogP contribution in [0.25, 0.3) is 0 Å². The lowest BCUT2D eigenvalue weighted by Crippen LogP contribution is -2.31. The summed E-state index contributed by atoms with van der Waals surface area (Å²) in [6.45, 7) is 3.87. The van der Waals surface area contributed by atoms with Crippen molar-refractivity contribution in [3.63, 3.8) is 0 Å². The second-order valence-corrected chi connectivity index (χ2v) is 7.19. The lowest BCUT2D eigenvalue weighted by molar-refractivity contribution is 0.199. The average Bonchev–Trinajstić information content (AvgIpc) is 3.03. The van der Waals surface area contributed by atoms with Crippen molar-refractivity contribution in [2.75, 3.05) is 19.0 Å². The fourth-order valence-corrected chi connectivity index (χ4v) is 2.61. The number of aromatic nitrogens is 2. The first kappa shape index (κ1) is 19.8. The average molecular weight is 383 g/mol. The zero-order valence-corrected chi connectivity index (χ0v) is 15.5. The third kappa shape index (κ3) is 5.25. The summed E-state index contributed by atoms with van der Waals surface area (Å²) in [5.74, 6) is 0.730. The number of benzene rings is 1. The Kier molecular flexibility index (Phi) is 6.29. The number of amides is 2. The number of nitrogens with zero attached hydrogens (tertiary/aromatic N) is 2. The highest BCUT2D eigenvalue weighted by molar-refractivity contribution is 7.89. The Morgan fingerprint density at radius 3 is 2.81 bits per heavy atom. The minimum absolute atomic E-state index is 0.0915. The van der Waals surface area contributed by atoms with E-state index in [1.807, 2.05) is 0 Å². The molecular formula is C15H21N5O5S. The van der Waals surface area contributed by atoms with E-state index in [0.29, 0.717) is 30.1 Å². The van der Waals surface area contributed by atoms with Crippen LogP contribution in [0, 0.1) is 6.92 Å². The van der Waals surface area contributed by atoms with Gasteiger partial charge in [-0.2, -0.15) is 4.98 Å². The number of hydrogen-bond acceptors (Lipinski definition) is 7. The molecule has 1 aromatic heterocycles. The molecule has 0 radical (unpaired) electrons. The fourth-order valence-electron chi connectivity index (χ4n) is 2.07. The molecule has 0 fully saturated rings. The van der Waals surface area contributed by atoms with Gasteiger partial charge in [0.1, 0.15) is 6.04 Å². The van der Waals surface area contributed by atoms with Gasteiger partial charge in [-0.1, -0.05) is 11.2 Å². The van der Waals surface area contributed by atoms with Gasteiger partial charge in [0, 0.05) is 19.2 Å². The van der Waals surface area contributed by atoms with E-state index in [4.69, 9.17) is 14.4 Å². The number of carbonyl (C=O) groups is 1. The van der Waals surface area contributed by atoms with Crippen molar-refractivity contribution in [3.8, 4) is 0 Å². The lowest BCUT2D eigenvalue weighted by Gasteiger charge is -2.13. The predicted octanol–water partition coefficient (Wildman–Crippen LogP) is 1.10. The first-order valence-electron chi connectivity index (χ1n) is 7.73. The molecule has 4 N–H and O–H groups in total. The summed E-state index contributed by atoms with van der Waals surface area (Å²) < 4.78 is 32.9. The van der Waals surface area contributed by atoms with Crippen LogP contribution in [0.5, 0.6) is 0 Å². The number of primary sulfonamides is 1. The maximum atomic E-state index is 12.2. The number of nitrogens with two attached hydrogens (primary N) is 1. The maximum Gasteiger partial charge on any atom is 0.319 e. The molecule has 2 amide bonds. The van der Waals surface area contributed by atoms with E-state index in [2.05, 4.69) is 20.8 Å². The van der Waals surface area contributed by atoms with Gasteiger partial charge < -0.3 is 19.9 Å². The third-order valence-electron chi connectivity index (χ3n) is 3.52. The summed E-state index contributed by atoms with van der Waals surface area (Å²) in [5, 5.41) is 14.1. The van der Waals surface area contributed by atoms with Gasteiger partial charge in [0.15, 0.2) is 5.82 Å². The molecule has 0 spiro atoms. The molecule has 0 saturated heterocycles. The summed E-state index contributed by atoms with van der Waals surface area (Å²) >= 11 is 0. The summed E-state index contributed by atoms with van der Waals surface area (Å²) in [7, 11) is -2.29. The fraction of sp³-hybridized carbons (Fsp3) is 0.400. The predicted molar refractivity (Wildman–Crippen MR) is 93.0 cm³/mol. The number of ether oxygens (including phenoxy) is 1. The zero-order chi connectivity index (χ0) is 19.3. The Morgan fingerprint density at radius 1 is 1.42 bits per heavy atom. The van der Waals surface area contributed by atoms with Crippen LogP contribution in [-0.4, -0.2) is 38.3 Å². The number of rotatable bonds is 7. The molecule has 0 aliphatic rings. The number of methoxy groups -OCH3 is 1. The first-order valence-corrected chi connectivity index (χ1v) is 9.27. The second kappa shape index (κ2) is 8.25. The van der Waals surface area contributed by atoms with E-state index >= 15 is 0 Å². The Hall–Kier alpha value is -2.50. The van der Waals surface area contributed by atoms with E-state index in [0.717, 1.165) is 0 Å². The van der Waals surface area contributed by atoms with Crippen molar-refractivity contribution in [2.45, 2.75) is 31.2 Å². The van der Waals surface area contributed by atoms with Crippen LogP contribution in [0.2, 0.25) is 0 Å². The molecular weight excluding hydrogens is 362 g/mol. The van der Waals surface area contributed by atoms with E-state index in [1.54, 1.807) is 27.0 Å². The van der Waals surface area contributed by atoms with Crippen LogP contribution in [0.4, 0.5) is 10.5 Å². The number of carbonyl (C=O) groups excluding carboxylic acids is 1. The molecule has 0 unspecified atom stereocenters. The topological polar surface area (TPSA) is 149 Å². The second-order valence-electron chi connectivity index (χ2n) is 5.63. The molecule has 1 aromatic carbocycles. The Bertz CT molecular complexity index is 880. The molecule has 0 bridgehead atoms. The standard InChI is InChI=1S/C15H21N5O5S/c1-9-4-5-11(26(16,22)23)8-12(9)18-15(21)17-10(2)14-19-13(20-25-14)6-7-24-3/h4-5,8,10H,6-7H2,1-3H3,(H2,16,22,23)(H2,17,18,21)/t10-/m1/s1. The SMILES string of the molecule is COCCc1noc([C@@H](C)NC(=O)Nc2cc(S(N)(=O)=O)ccc2C)n1. The van der Waals surface area contributed by atoms with Crippen LogP contribution in [0.15, 0.2) is 27.6 Å². The molecule has 1 heterocycles. The summed E-state index contributed by atoms with van der Waals surface area (Å²) in [4.78, 5) is 16.3. The van der Waals surface area contributed by atoms with Crippen LogP contribution in [0.1, 0.15) is 30.2 Å². The van der Waals surface area contributed by atoms with Crippen molar-refractivity contribution in [1.29, 1.82) is 0 Å². The highest BCUT2D eigenvalue weighted by Crippen LogP contribution is 2.19. The molecule has 2 rings (SSSR count). The highest BCUT2D eigenvalue weighted by Gasteiger charge is 2.18. The molecule has 0 aliphatic heterocycles. The van der Waals surface area contributed by atoms with E-state index < -0.39 is 22.1 Å². The smallest absolute Gasteiger partial charge is 0.319 e. The van der Waals surface area contributed by atoms with Gasteiger partial charge in [-0.25, -0.2) is 18.4 Å². The highest BCUT2D eigenvalue weighted by atomic mass is 32.2. The number of sulfonamides is 1. The van der Waals surface area contributed by atoms with Crippen molar-refractivity contribution in [2.24, 2.45) is 5.14 Å². The molecule has 1 atom stereocenters. The minimum Gasteiger partial charge on any atom is -0.384 e. The molecule has 26 heavy (non-hydrogen) atoms. The maximum absolute atomic E-state index is 12.2. The van der Waals surface area contributed by atoms with E-state index in [9.17, 15) is 13.2 Å². The van der Waals surface area contributed by atoms with Gasteiger partial charge >= 0.3 is 6.03 Å². The Labute approximate surface area is 151 Å².